The summed E-state index contributed by atoms with van der Waals surface area (Å²) >= 11 is 12.2. The third-order valence-electron chi connectivity index (χ3n) is 5.47. The Morgan fingerprint density at radius 1 is 1.07 bits per heavy atom. The van der Waals surface area contributed by atoms with Crippen LogP contribution in [0.2, 0.25) is 10.0 Å². The normalized spacial score (nSPS) is 25.6. The van der Waals surface area contributed by atoms with Gasteiger partial charge in [0.15, 0.2) is 0 Å². The third kappa shape index (κ3) is 4.96. The molecule has 1 saturated heterocycles. The first-order chi connectivity index (χ1) is 13.9. The van der Waals surface area contributed by atoms with Crippen molar-refractivity contribution < 1.29 is 35.0 Å². The molecule has 1 atom stereocenters. The minimum Gasteiger partial charge on any atom is -0.376 e. The van der Waals surface area contributed by atoms with Crippen LogP contribution in [0.4, 0.5) is 17.6 Å². The highest BCUT2D eigenvalue weighted by Crippen LogP contribution is 2.37. The molecule has 1 aromatic rings. The Balaban J connectivity index is 1.71. The summed E-state index contributed by atoms with van der Waals surface area (Å²) in [4.78, 5) is 14.6. The van der Waals surface area contributed by atoms with E-state index in [-0.39, 0.29) is 28.4 Å². The number of carbonyl (C=O) groups excluding carboxylic acids is 1. The zero-order valence-corrected chi connectivity index (χ0v) is 17.9. The molecule has 1 aliphatic carbocycles. The van der Waals surface area contributed by atoms with Crippen molar-refractivity contribution in [3.63, 3.8) is 0 Å². The van der Waals surface area contributed by atoms with Crippen LogP contribution in [0.25, 0.3) is 0 Å². The van der Waals surface area contributed by atoms with E-state index in [9.17, 15) is 30.8 Å². The highest BCUT2D eigenvalue weighted by molar-refractivity contribution is 7.88. The average Bonchev–Trinajstić information content (AvgIpc) is 2.98. The van der Waals surface area contributed by atoms with E-state index < -0.39 is 33.5 Å². The van der Waals surface area contributed by atoms with Crippen LogP contribution in [0.3, 0.4) is 0 Å². The summed E-state index contributed by atoms with van der Waals surface area (Å²) in [7, 11) is -5.86. The standard InChI is InChI=1S/C18H19Cl2F4NO4S/c19-15-8-13(29-30(27,28)18(22,23)24)9-16(20)14(15)7-10-5-6-25(17(10)26)12-3-1-11(21)2-4-12/h8-12H,1-7H2/t10?,11-,12-. The van der Waals surface area contributed by atoms with E-state index in [1.807, 2.05) is 0 Å². The number of amides is 1. The fourth-order valence-corrected chi connectivity index (χ4v) is 4.97. The van der Waals surface area contributed by atoms with Gasteiger partial charge < -0.3 is 9.08 Å². The van der Waals surface area contributed by atoms with Crippen LogP contribution in [0.5, 0.6) is 5.75 Å². The lowest BCUT2D eigenvalue weighted by molar-refractivity contribution is -0.133. The summed E-state index contributed by atoms with van der Waals surface area (Å²) < 4.78 is 77.2. The number of nitrogens with zero attached hydrogens (tertiary/aromatic N) is 1. The van der Waals surface area contributed by atoms with Gasteiger partial charge in [0.05, 0.1) is 0 Å². The first-order valence-corrected chi connectivity index (χ1v) is 11.5. The molecule has 12 heteroatoms. The molecule has 0 N–H and O–H groups in total. The highest BCUT2D eigenvalue weighted by atomic mass is 35.5. The van der Waals surface area contributed by atoms with Crippen molar-refractivity contribution >= 4 is 39.2 Å². The molecular weight excluding hydrogens is 473 g/mol. The van der Waals surface area contributed by atoms with Crippen LogP contribution in [-0.2, 0) is 21.3 Å². The molecule has 0 spiro atoms. The Morgan fingerprint density at radius 2 is 1.63 bits per heavy atom. The van der Waals surface area contributed by atoms with Crippen LogP contribution in [0.15, 0.2) is 12.1 Å². The summed E-state index contributed by atoms with van der Waals surface area (Å²) in [6.45, 7) is 0.533. The third-order valence-corrected chi connectivity index (χ3v) is 7.13. The quantitative estimate of drug-likeness (QED) is 0.334. The van der Waals surface area contributed by atoms with Gasteiger partial charge in [-0.1, -0.05) is 23.2 Å². The SMILES string of the molecule is O=C1C(Cc2c(Cl)cc(OS(=O)(=O)C(F)(F)F)cc2Cl)CCN1[C@H]1CC[C@H](F)CC1. The van der Waals surface area contributed by atoms with Crippen molar-refractivity contribution in [2.24, 2.45) is 5.92 Å². The van der Waals surface area contributed by atoms with Gasteiger partial charge in [-0.2, -0.15) is 21.6 Å². The highest BCUT2D eigenvalue weighted by Gasteiger charge is 2.48. The van der Waals surface area contributed by atoms with Crippen LogP contribution < -0.4 is 4.18 Å². The second kappa shape index (κ2) is 8.70. The second-order valence-corrected chi connectivity index (χ2v) is 9.83. The molecule has 3 rings (SSSR count). The molecule has 2 aliphatic rings. The number of carbonyl (C=O) groups is 1. The van der Waals surface area contributed by atoms with Crippen molar-refractivity contribution in [2.75, 3.05) is 6.54 Å². The molecule has 1 saturated carbocycles. The molecule has 0 radical (unpaired) electrons. The largest absolute Gasteiger partial charge is 0.534 e. The Labute approximate surface area is 181 Å². The maximum absolute atomic E-state index is 13.4. The van der Waals surface area contributed by atoms with E-state index in [1.54, 1.807) is 4.90 Å². The van der Waals surface area contributed by atoms with Gasteiger partial charge in [-0.15, -0.1) is 0 Å². The molecule has 1 aromatic carbocycles. The Morgan fingerprint density at radius 3 is 2.17 bits per heavy atom. The maximum atomic E-state index is 13.4. The van der Waals surface area contributed by atoms with Crippen LogP contribution >= 0.6 is 23.2 Å². The Hall–Kier alpha value is -1.26. The minimum atomic E-state index is -5.86. The number of halogens is 6. The molecule has 1 unspecified atom stereocenters. The fourth-order valence-electron chi connectivity index (χ4n) is 3.91. The molecule has 1 heterocycles. The molecule has 168 valence electrons. The molecular formula is C18H19Cl2F4NO4S. The number of rotatable bonds is 5. The van der Waals surface area contributed by atoms with Crippen molar-refractivity contribution in [3.05, 3.63) is 27.7 Å². The van der Waals surface area contributed by atoms with E-state index >= 15 is 0 Å². The van der Waals surface area contributed by atoms with E-state index in [2.05, 4.69) is 4.18 Å². The van der Waals surface area contributed by atoms with Gasteiger partial charge in [0.2, 0.25) is 5.91 Å². The van der Waals surface area contributed by atoms with Crippen molar-refractivity contribution in [1.29, 1.82) is 0 Å². The zero-order valence-electron chi connectivity index (χ0n) is 15.6. The average molecular weight is 492 g/mol. The predicted octanol–water partition coefficient (Wildman–Crippen LogP) is 4.89. The van der Waals surface area contributed by atoms with Gasteiger partial charge in [0.1, 0.15) is 11.9 Å². The van der Waals surface area contributed by atoms with Crippen LogP contribution in [-0.4, -0.2) is 43.5 Å². The molecule has 5 nitrogen and oxygen atoms in total. The van der Waals surface area contributed by atoms with Gasteiger partial charge in [-0.25, -0.2) is 4.39 Å². The maximum Gasteiger partial charge on any atom is 0.534 e. The molecule has 0 bridgehead atoms. The number of likely N-dealkylation sites (tertiary alicyclic amines) is 1. The predicted molar refractivity (Wildman–Crippen MR) is 103 cm³/mol. The van der Waals surface area contributed by atoms with Gasteiger partial charge in [-0.05, 0) is 44.1 Å². The summed E-state index contributed by atoms with van der Waals surface area (Å²) in [5, 5.41) is -0.196. The summed E-state index contributed by atoms with van der Waals surface area (Å²) in [6.07, 6.45) is 1.95. The number of hydrogen-bond acceptors (Lipinski definition) is 4. The van der Waals surface area contributed by atoms with Crippen LogP contribution in [0.1, 0.15) is 37.7 Å². The van der Waals surface area contributed by atoms with E-state index in [1.165, 1.54) is 0 Å². The monoisotopic (exact) mass is 491 g/mol. The van der Waals surface area contributed by atoms with E-state index in [0.717, 1.165) is 12.1 Å². The summed E-state index contributed by atoms with van der Waals surface area (Å²) in [6, 6.07) is 1.85. The number of hydrogen-bond donors (Lipinski definition) is 0. The zero-order chi connectivity index (χ0) is 22.3. The Bertz CT molecular complexity index is 894. The first kappa shape index (κ1) is 23.4. The van der Waals surface area contributed by atoms with Crippen molar-refractivity contribution in [1.82, 2.24) is 4.90 Å². The molecule has 1 aliphatic heterocycles. The van der Waals surface area contributed by atoms with Crippen molar-refractivity contribution in [2.45, 2.75) is 56.2 Å². The van der Waals surface area contributed by atoms with E-state index in [4.69, 9.17) is 23.2 Å². The molecule has 1 amide bonds. The van der Waals surface area contributed by atoms with Gasteiger partial charge in [0.25, 0.3) is 0 Å². The smallest absolute Gasteiger partial charge is 0.376 e. The van der Waals surface area contributed by atoms with Gasteiger partial charge >= 0.3 is 15.6 Å². The minimum absolute atomic E-state index is 0.00351. The number of alkyl halides is 4. The topological polar surface area (TPSA) is 63.7 Å². The van der Waals surface area contributed by atoms with Gasteiger partial charge in [0, 0.05) is 40.7 Å². The first-order valence-electron chi connectivity index (χ1n) is 9.32. The number of benzene rings is 1. The molecule has 30 heavy (non-hydrogen) atoms. The van der Waals surface area contributed by atoms with Crippen LogP contribution in [0, 0.1) is 5.92 Å². The fraction of sp³-hybridized carbons (Fsp3) is 0.611. The summed E-state index contributed by atoms with van der Waals surface area (Å²) in [5.74, 6) is -1.19. The van der Waals surface area contributed by atoms with E-state index in [0.29, 0.717) is 44.2 Å². The summed E-state index contributed by atoms with van der Waals surface area (Å²) in [5.41, 5.74) is -5.27. The molecule has 2 fully saturated rings. The lowest BCUT2D eigenvalue weighted by Gasteiger charge is -2.32. The molecule has 0 aromatic heterocycles. The van der Waals surface area contributed by atoms with Gasteiger partial charge in [-0.3, -0.25) is 4.79 Å². The Kier molecular flexibility index (Phi) is 6.79. The lowest BCUT2D eigenvalue weighted by atomic mass is 9.92. The van der Waals surface area contributed by atoms with Crippen molar-refractivity contribution in [3.8, 4) is 5.75 Å². The lowest BCUT2D eigenvalue weighted by Crippen LogP contribution is -2.40. The second-order valence-electron chi connectivity index (χ2n) is 7.48.